The molecule has 0 N–H and O–H groups in total. The number of thioether (sulfide) groups is 2. The van der Waals surface area contributed by atoms with Crippen molar-refractivity contribution in [3.8, 4) is 11.5 Å². The molecule has 2 fully saturated rings. The van der Waals surface area contributed by atoms with Crippen LogP contribution in [0.1, 0.15) is 48.7 Å². The SMILES string of the molecule is COc1cc(C2SCCS2)ccc1OC(=O)CCC1CCCC1. The van der Waals surface area contributed by atoms with E-state index >= 15 is 0 Å². The number of rotatable bonds is 6. The summed E-state index contributed by atoms with van der Waals surface area (Å²) in [6.07, 6.45) is 6.61. The van der Waals surface area contributed by atoms with Crippen LogP contribution in [0.5, 0.6) is 11.5 Å². The molecule has 0 radical (unpaired) electrons. The summed E-state index contributed by atoms with van der Waals surface area (Å²) in [7, 11) is 1.63. The molecule has 1 aromatic carbocycles. The Morgan fingerprint density at radius 1 is 1.17 bits per heavy atom. The lowest BCUT2D eigenvalue weighted by Crippen LogP contribution is -2.10. The van der Waals surface area contributed by atoms with Gasteiger partial charge in [-0.25, -0.2) is 0 Å². The second-order valence-corrected chi connectivity index (χ2v) is 8.87. The fourth-order valence-electron chi connectivity index (χ4n) is 3.26. The number of methoxy groups -OCH3 is 1. The molecular weight excluding hydrogens is 328 g/mol. The van der Waals surface area contributed by atoms with Crippen molar-refractivity contribution in [1.29, 1.82) is 0 Å². The standard InChI is InChI=1S/C18H24O3S2/c1-20-16-12-14(18-22-10-11-23-18)7-8-15(16)21-17(19)9-6-13-4-2-3-5-13/h7-8,12-13,18H,2-6,9-11H2,1H3. The number of hydrogen-bond donors (Lipinski definition) is 0. The third-order valence-corrected chi connectivity index (χ3v) is 7.64. The summed E-state index contributed by atoms with van der Waals surface area (Å²) in [5.41, 5.74) is 1.24. The van der Waals surface area contributed by atoms with Gasteiger partial charge in [0.1, 0.15) is 0 Å². The fraction of sp³-hybridized carbons (Fsp3) is 0.611. The highest BCUT2D eigenvalue weighted by Crippen LogP contribution is 2.47. The van der Waals surface area contributed by atoms with Crippen molar-refractivity contribution in [2.75, 3.05) is 18.6 Å². The molecule has 0 bridgehead atoms. The molecule has 126 valence electrons. The van der Waals surface area contributed by atoms with E-state index in [0.717, 1.165) is 6.42 Å². The summed E-state index contributed by atoms with van der Waals surface area (Å²) in [6, 6.07) is 5.94. The Morgan fingerprint density at radius 2 is 1.91 bits per heavy atom. The molecule has 5 heteroatoms. The van der Waals surface area contributed by atoms with Crippen molar-refractivity contribution in [3.63, 3.8) is 0 Å². The van der Waals surface area contributed by atoms with Crippen LogP contribution in [0.3, 0.4) is 0 Å². The van der Waals surface area contributed by atoms with Gasteiger partial charge < -0.3 is 9.47 Å². The molecule has 1 aliphatic heterocycles. The van der Waals surface area contributed by atoms with Crippen LogP contribution in [0.2, 0.25) is 0 Å². The van der Waals surface area contributed by atoms with E-state index in [2.05, 4.69) is 6.07 Å². The molecule has 0 atom stereocenters. The normalized spacial score (nSPS) is 19.2. The molecule has 0 aromatic heterocycles. The van der Waals surface area contributed by atoms with Crippen molar-refractivity contribution in [2.45, 2.75) is 43.1 Å². The van der Waals surface area contributed by atoms with Crippen LogP contribution in [-0.2, 0) is 4.79 Å². The molecule has 1 aromatic rings. The number of carbonyl (C=O) groups is 1. The first-order valence-corrected chi connectivity index (χ1v) is 10.5. The maximum atomic E-state index is 12.1. The van der Waals surface area contributed by atoms with Gasteiger partial charge in [0.15, 0.2) is 11.5 Å². The van der Waals surface area contributed by atoms with E-state index in [4.69, 9.17) is 9.47 Å². The molecule has 1 heterocycles. The monoisotopic (exact) mass is 352 g/mol. The molecule has 23 heavy (non-hydrogen) atoms. The van der Waals surface area contributed by atoms with Gasteiger partial charge in [-0.05, 0) is 30.0 Å². The minimum Gasteiger partial charge on any atom is -0.493 e. The van der Waals surface area contributed by atoms with Crippen LogP contribution in [-0.4, -0.2) is 24.6 Å². The largest absolute Gasteiger partial charge is 0.493 e. The molecule has 1 aliphatic carbocycles. The van der Waals surface area contributed by atoms with Gasteiger partial charge >= 0.3 is 5.97 Å². The highest BCUT2D eigenvalue weighted by Gasteiger charge is 2.21. The Labute approximate surface area is 146 Å². The summed E-state index contributed by atoms with van der Waals surface area (Å²) in [6.45, 7) is 0. The molecule has 3 nitrogen and oxygen atoms in total. The van der Waals surface area contributed by atoms with E-state index in [1.165, 1.54) is 42.8 Å². The van der Waals surface area contributed by atoms with Gasteiger partial charge in [-0.15, -0.1) is 23.5 Å². The molecule has 2 aliphatic rings. The Kier molecular flexibility index (Phi) is 6.17. The Morgan fingerprint density at radius 3 is 2.61 bits per heavy atom. The van der Waals surface area contributed by atoms with E-state index in [1.807, 2.05) is 35.7 Å². The molecule has 0 amide bonds. The van der Waals surface area contributed by atoms with Gasteiger partial charge in [0.25, 0.3) is 0 Å². The van der Waals surface area contributed by atoms with Crippen LogP contribution in [0.15, 0.2) is 18.2 Å². The first-order chi connectivity index (χ1) is 11.3. The Balaban J connectivity index is 1.58. The Bertz CT molecular complexity index is 535. The summed E-state index contributed by atoms with van der Waals surface area (Å²) in [4.78, 5) is 12.1. The zero-order valence-corrected chi connectivity index (χ0v) is 15.2. The summed E-state index contributed by atoms with van der Waals surface area (Å²) in [5, 5.41) is 0. The third kappa shape index (κ3) is 4.60. The van der Waals surface area contributed by atoms with Crippen LogP contribution in [0, 0.1) is 5.92 Å². The molecule has 3 rings (SSSR count). The predicted octanol–water partition coefficient (Wildman–Crippen LogP) is 5.05. The predicted molar refractivity (Wildman–Crippen MR) is 97.5 cm³/mol. The fourth-order valence-corrected chi connectivity index (χ4v) is 6.10. The first-order valence-electron chi connectivity index (χ1n) is 8.38. The zero-order valence-electron chi connectivity index (χ0n) is 13.6. The highest BCUT2D eigenvalue weighted by molar-refractivity contribution is 8.19. The summed E-state index contributed by atoms with van der Waals surface area (Å²) >= 11 is 3.91. The second-order valence-electron chi connectivity index (χ2n) is 6.15. The molecule has 0 spiro atoms. The summed E-state index contributed by atoms with van der Waals surface area (Å²) in [5.74, 6) is 4.15. The van der Waals surface area contributed by atoms with E-state index in [0.29, 0.717) is 28.4 Å². The molecule has 1 saturated heterocycles. The van der Waals surface area contributed by atoms with Gasteiger partial charge in [0.2, 0.25) is 0 Å². The minimum absolute atomic E-state index is 0.146. The third-order valence-electron chi connectivity index (χ3n) is 4.54. The van der Waals surface area contributed by atoms with Gasteiger partial charge in [-0.3, -0.25) is 4.79 Å². The van der Waals surface area contributed by atoms with E-state index in [9.17, 15) is 4.79 Å². The van der Waals surface area contributed by atoms with Crippen molar-refractivity contribution in [1.82, 2.24) is 0 Å². The average Bonchev–Trinajstić information content (AvgIpc) is 3.27. The van der Waals surface area contributed by atoms with Crippen molar-refractivity contribution < 1.29 is 14.3 Å². The Hall–Kier alpha value is -0.810. The zero-order chi connectivity index (χ0) is 16.1. The van der Waals surface area contributed by atoms with Gasteiger partial charge in [0.05, 0.1) is 11.7 Å². The van der Waals surface area contributed by atoms with Crippen molar-refractivity contribution in [2.24, 2.45) is 5.92 Å². The number of benzene rings is 1. The number of ether oxygens (including phenoxy) is 2. The van der Waals surface area contributed by atoms with Gasteiger partial charge in [-0.2, -0.15) is 0 Å². The topological polar surface area (TPSA) is 35.5 Å². The first kappa shape index (κ1) is 17.0. The number of esters is 1. The van der Waals surface area contributed by atoms with Crippen LogP contribution in [0.4, 0.5) is 0 Å². The van der Waals surface area contributed by atoms with Crippen molar-refractivity contribution >= 4 is 29.5 Å². The van der Waals surface area contributed by atoms with Crippen LogP contribution in [0.25, 0.3) is 0 Å². The summed E-state index contributed by atoms with van der Waals surface area (Å²) < 4.78 is 11.4. The van der Waals surface area contributed by atoms with Gasteiger partial charge in [-0.1, -0.05) is 31.7 Å². The molecular formula is C18H24O3S2. The minimum atomic E-state index is -0.146. The lowest BCUT2D eigenvalue weighted by Gasteiger charge is -2.14. The molecule has 0 unspecified atom stereocenters. The van der Waals surface area contributed by atoms with Gasteiger partial charge in [0, 0.05) is 17.9 Å². The van der Waals surface area contributed by atoms with Crippen LogP contribution >= 0.6 is 23.5 Å². The lowest BCUT2D eigenvalue weighted by molar-refractivity contribution is -0.134. The lowest BCUT2D eigenvalue weighted by atomic mass is 10.0. The molecule has 1 saturated carbocycles. The maximum Gasteiger partial charge on any atom is 0.311 e. The van der Waals surface area contributed by atoms with E-state index in [-0.39, 0.29) is 5.97 Å². The van der Waals surface area contributed by atoms with Crippen molar-refractivity contribution in [3.05, 3.63) is 23.8 Å². The van der Waals surface area contributed by atoms with E-state index < -0.39 is 0 Å². The number of carbonyl (C=O) groups excluding carboxylic acids is 1. The van der Waals surface area contributed by atoms with Crippen LogP contribution < -0.4 is 9.47 Å². The average molecular weight is 353 g/mol. The smallest absolute Gasteiger partial charge is 0.311 e. The maximum absolute atomic E-state index is 12.1. The quantitative estimate of drug-likeness (QED) is 0.529. The number of hydrogen-bond acceptors (Lipinski definition) is 5. The second kappa shape index (κ2) is 8.34. The van der Waals surface area contributed by atoms with E-state index in [1.54, 1.807) is 7.11 Å². The highest BCUT2D eigenvalue weighted by atomic mass is 32.2.